The highest BCUT2D eigenvalue weighted by atomic mass is 16.5. The summed E-state index contributed by atoms with van der Waals surface area (Å²) in [5.74, 6) is 2.03. The molecule has 2 N–H and O–H groups in total. The average molecular weight is 424 g/mol. The molecule has 166 valence electrons. The molecule has 0 radical (unpaired) electrons. The van der Waals surface area contributed by atoms with E-state index in [4.69, 9.17) is 9.73 Å². The van der Waals surface area contributed by atoms with E-state index in [1.54, 1.807) is 6.07 Å². The molecule has 31 heavy (non-hydrogen) atoms. The molecule has 1 aromatic carbocycles. The van der Waals surface area contributed by atoms with E-state index in [1.165, 1.54) is 5.57 Å². The number of carbonyl (C=O) groups excluding carboxylic acids is 1. The van der Waals surface area contributed by atoms with Gasteiger partial charge in [-0.05, 0) is 49.3 Å². The number of hydrogen-bond acceptors (Lipinski definition) is 5. The third-order valence-electron chi connectivity index (χ3n) is 6.22. The summed E-state index contributed by atoms with van der Waals surface area (Å²) in [6.45, 7) is 6.20. The molecular weight excluding hydrogens is 390 g/mol. The second kappa shape index (κ2) is 9.58. The number of ether oxygens (including phenoxy) is 1. The second-order valence-corrected chi connectivity index (χ2v) is 9.10. The molecule has 0 saturated carbocycles. The fourth-order valence-corrected chi connectivity index (χ4v) is 4.57. The average Bonchev–Trinajstić information content (AvgIpc) is 2.78. The maximum Gasteiger partial charge on any atom is 0.407 e. The van der Waals surface area contributed by atoms with E-state index in [2.05, 4.69) is 22.4 Å². The summed E-state index contributed by atoms with van der Waals surface area (Å²) < 4.78 is 5.27. The third-order valence-corrected chi connectivity index (χ3v) is 6.22. The van der Waals surface area contributed by atoms with Gasteiger partial charge in [0.25, 0.3) is 0 Å². The Morgan fingerprint density at radius 1 is 1.29 bits per heavy atom. The predicted octanol–water partition coefficient (Wildman–Crippen LogP) is 4.61. The van der Waals surface area contributed by atoms with E-state index in [0.29, 0.717) is 18.4 Å². The van der Waals surface area contributed by atoms with E-state index in [-0.39, 0.29) is 17.9 Å². The Hall–Kier alpha value is -2.76. The number of rotatable bonds is 5. The van der Waals surface area contributed by atoms with Gasteiger partial charge in [0.2, 0.25) is 0 Å². The van der Waals surface area contributed by atoms with E-state index in [1.807, 2.05) is 32.0 Å². The van der Waals surface area contributed by atoms with Gasteiger partial charge < -0.3 is 20.1 Å². The van der Waals surface area contributed by atoms with E-state index in [0.717, 1.165) is 62.3 Å². The number of alkyl carbamates (subject to hydrolysis) is 1. The lowest BCUT2D eigenvalue weighted by Crippen LogP contribution is -2.45. The van der Waals surface area contributed by atoms with Crippen molar-refractivity contribution in [1.29, 1.82) is 0 Å². The quantitative estimate of drug-likeness (QED) is 0.679. The predicted molar refractivity (Wildman–Crippen MR) is 122 cm³/mol. The van der Waals surface area contributed by atoms with Crippen LogP contribution in [0.15, 0.2) is 52.8 Å². The number of piperidine rings is 1. The first-order valence-electron chi connectivity index (χ1n) is 11.4. The second-order valence-electron chi connectivity index (χ2n) is 9.10. The molecule has 1 unspecified atom stereocenters. The topological polar surface area (TPSA) is 74.2 Å². The SMILES string of the molecule is CC(C)COC(=O)NC1CCN(C2=C3CCC=CC3CC(c3ccccc3O)=N2)CC1. The molecule has 4 rings (SSSR count). The normalized spacial score (nSPS) is 21.7. The smallest absolute Gasteiger partial charge is 0.407 e. The van der Waals surface area contributed by atoms with Gasteiger partial charge in [-0.3, -0.25) is 0 Å². The third kappa shape index (κ3) is 5.12. The summed E-state index contributed by atoms with van der Waals surface area (Å²) in [5.41, 5.74) is 3.18. The van der Waals surface area contributed by atoms with Crippen LogP contribution in [0.2, 0.25) is 0 Å². The van der Waals surface area contributed by atoms with Crippen LogP contribution in [0.25, 0.3) is 0 Å². The van der Waals surface area contributed by atoms with Crippen LogP contribution in [0.4, 0.5) is 4.79 Å². The van der Waals surface area contributed by atoms with E-state index < -0.39 is 0 Å². The number of aromatic hydroxyl groups is 1. The number of likely N-dealkylation sites (tertiary alicyclic amines) is 1. The summed E-state index contributed by atoms with van der Waals surface area (Å²) in [5, 5.41) is 13.4. The number of para-hydroxylation sites is 1. The van der Waals surface area contributed by atoms with Gasteiger partial charge in [-0.1, -0.05) is 38.1 Å². The van der Waals surface area contributed by atoms with Gasteiger partial charge >= 0.3 is 6.09 Å². The number of carbonyl (C=O) groups is 1. The number of nitrogens with zero attached hydrogens (tertiary/aromatic N) is 2. The number of phenols is 1. The van der Waals surface area contributed by atoms with Crippen molar-refractivity contribution in [1.82, 2.24) is 10.2 Å². The van der Waals surface area contributed by atoms with Crippen LogP contribution >= 0.6 is 0 Å². The van der Waals surface area contributed by atoms with Crippen LogP contribution < -0.4 is 5.32 Å². The summed E-state index contributed by atoms with van der Waals surface area (Å²) in [4.78, 5) is 19.4. The molecule has 3 aliphatic rings. The summed E-state index contributed by atoms with van der Waals surface area (Å²) in [7, 11) is 0. The Kier molecular flexibility index (Phi) is 6.64. The van der Waals surface area contributed by atoms with Crippen LogP contribution in [0.1, 0.15) is 51.5 Å². The van der Waals surface area contributed by atoms with Crippen molar-refractivity contribution in [3.8, 4) is 5.75 Å². The molecule has 1 atom stereocenters. The Balaban J connectivity index is 1.47. The summed E-state index contributed by atoms with van der Waals surface area (Å²) >= 11 is 0. The Morgan fingerprint density at radius 3 is 2.81 bits per heavy atom. The number of allylic oxidation sites excluding steroid dienone is 3. The number of aliphatic imine (C=N–C) groups is 1. The highest BCUT2D eigenvalue weighted by molar-refractivity contribution is 6.04. The minimum atomic E-state index is -0.316. The van der Waals surface area contributed by atoms with Crippen molar-refractivity contribution in [2.24, 2.45) is 16.8 Å². The summed E-state index contributed by atoms with van der Waals surface area (Å²) in [6.07, 6.45) is 8.90. The van der Waals surface area contributed by atoms with Gasteiger partial charge in [0, 0.05) is 37.0 Å². The maximum absolute atomic E-state index is 12.0. The number of hydrogen-bond donors (Lipinski definition) is 2. The van der Waals surface area contributed by atoms with Gasteiger partial charge in [0.1, 0.15) is 11.6 Å². The first-order valence-corrected chi connectivity index (χ1v) is 11.4. The lowest BCUT2D eigenvalue weighted by Gasteiger charge is -2.38. The minimum absolute atomic E-state index is 0.133. The van der Waals surface area contributed by atoms with E-state index >= 15 is 0 Å². The Morgan fingerprint density at radius 2 is 2.06 bits per heavy atom. The Bertz CT molecular complexity index is 895. The zero-order valence-corrected chi connectivity index (χ0v) is 18.5. The van der Waals surface area contributed by atoms with Crippen molar-refractivity contribution in [3.63, 3.8) is 0 Å². The minimum Gasteiger partial charge on any atom is -0.507 e. The first-order chi connectivity index (χ1) is 15.0. The van der Waals surface area contributed by atoms with E-state index in [9.17, 15) is 9.90 Å². The van der Waals surface area contributed by atoms with Crippen LogP contribution in [0.3, 0.4) is 0 Å². The standard InChI is InChI=1S/C25H33N3O3/c1-17(2)16-31-25(30)26-19-11-13-28(14-12-19)24-20-8-4-3-7-18(20)15-22(27-24)21-9-5-6-10-23(21)29/h3,5-7,9-10,17-19,29H,4,8,11-16H2,1-2H3,(H,26,30). The zero-order valence-electron chi connectivity index (χ0n) is 18.5. The van der Waals surface area contributed by atoms with Gasteiger partial charge in [-0.15, -0.1) is 0 Å². The summed E-state index contributed by atoms with van der Waals surface area (Å²) in [6, 6.07) is 7.59. The van der Waals surface area contributed by atoms with Gasteiger partial charge in [0.05, 0.1) is 12.3 Å². The molecule has 2 heterocycles. The number of benzene rings is 1. The molecule has 1 aromatic rings. The fraction of sp³-hybridized carbons (Fsp3) is 0.520. The van der Waals surface area contributed by atoms with Gasteiger partial charge in [-0.2, -0.15) is 0 Å². The molecule has 6 nitrogen and oxygen atoms in total. The van der Waals surface area contributed by atoms with Crippen LogP contribution in [0.5, 0.6) is 5.75 Å². The lowest BCUT2D eigenvalue weighted by atomic mass is 9.82. The molecule has 0 aromatic heterocycles. The number of amides is 1. The van der Waals surface area contributed by atoms with Crippen molar-refractivity contribution in [2.45, 2.75) is 52.0 Å². The molecule has 2 aliphatic heterocycles. The van der Waals surface area contributed by atoms with Crippen LogP contribution in [-0.2, 0) is 4.74 Å². The number of fused-ring (bicyclic) bond motifs is 1. The molecule has 1 saturated heterocycles. The van der Waals surface area contributed by atoms with Crippen molar-refractivity contribution >= 4 is 11.8 Å². The molecule has 1 aliphatic carbocycles. The molecule has 0 bridgehead atoms. The molecule has 6 heteroatoms. The zero-order chi connectivity index (χ0) is 21.8. The Labute approximate surface area is 184 Å². The molecule has 1 amide bonds. The number of nitrogens with one attached hydrogen (secondary N) is 1. The highest BCUT2D eigenvalue weighted by Crippen LogP contribution is 2.38. The molecule has 0 spiro atoms. The van der Waals surface area contributed by atoms with Gasteiger partial charge in [-0.25, -0.2) is 9.79 Å². The van der Waals surface area contributed by atoms with Gasteiger partial charge in [0.15, 0.2) is 0 Å². The van der Waals surface area contributed by atoms with Crippen molar-refractivity contribution < 1.29 is 14.6 Å². The van der Waals surface area contributed by atoms with Crippen molar-refractivity contribution in [2.75, 3.05) is 19.7 Å². The monoisotopic (exact) mass is 423 g/mol. The maximum atomic E-state index is 12.0. The van der Waals surface area contributed by atoms with Crippen LogP contribution in [0, 0.1) is 11.8 Å². The fourth-order valence-electron chi connectivity index (χ4n) is 4.57. The van der Waals surface area contributed by atoms with Crippen molar-refractivity contribution in [3.05, 3.63) is 53.4 Å². The van der Waals surface area contributed by atoms with Crippen LogP contribution in [-0.4, -0.2) is 47.5 Å². The highest BCUT2D eigenvalue weighted by Gasteiger charge is 2.31. The first kappa shape index (κ1) is 21.5. The molecular formula is C25H33N3O3. The molecule has 1 fully saturated rings. The lowest BCUT2D eigenvalue weighted by molar-refractivity contribution is 0.123. The largest absolute Gasteiger partial charge is 0.507 e. The number of phenolic OH excluding ortho intramolecular Hbond substituents is 1.